The Morgan fingerprint density at radius 3 is 2.39 bits per heavy atom. The fourth-order valence-electron chi connectivity index (χ4n) is 2.36. The molecule has 2 aromatic carbocycles. The molecule has 0 aliphatic rings. The summed E-state index contributed by atoms with van der Waals surface area (Å²) >= 11 is 0. The Labute approximate surface area is 137 Å². The average molecular weight is 304 g/mol. The highest BCUT2D eigenvalue weighted by Crippen LogP contribution is 2.22. The molecule has 1 unspecified atom stereocenters. The fourth-order valence-corrected chi connectivity index (χ4v) is 2.36. The summed E-state index contributed by atoms with van der Waals surface area (Å²) in [5.41, 5.74) is 3.84. The van der Waals surface area contributed by atoms with Gasteiger partial charge >= 0.3 is 5.97 Å². The van der Waals surface area contributed by atoms with Gasteiger partial charge in [0.1, 0.15) is 0 Å². The van der Waals surface area contributed by atoms with Gasteiger partial charge in [-0.15, -0.1) is 0 Å². The summed E-state index contributed by atoms with van der Waals surface area (Å²) in [7, 11) is 0. The van der Waals surface area contributed by atoms with Crippen molar-refractivity contribution in [2.24, 2.45) is 0 Å². The van der Waals surface area contributed by atoms with Crippen molar-refractivity contribution < 1.29 is 9.90 Å². The van der Waals surface area contributed by atoms with E-state index in [1.165, 1.54) is 0 Å². The van der Waals surface area contributed by atoms with Crippen molar-refractivity contribution in [2.75, 3.05) is 0 Å². The zero-order valence-electron chi connectivity index (χ0n) is 13.1. The molecule has 0 aromatic heterocycles. The standard InChI is InChI=1S/C21H20O2/c1-3-17(18-10-5-4-6-11-18)13-9-14-19-12-7-8-15-20(19)16(2)21(22)23/h3-16H,1H2,2H3,(H,22,23)/b14-9+,17-13+. The summed E-state index contributed by atoms with van der Waals surface area (Å²) in [6.45, 7) is 5.55. The second-order valence-corrected chi connectivity index (χ2v) is 5.24. The summed E-state index contributed by atoms with van der Waals surface area (Å²) in [5.74, 6) is -1.36. The van der Waals surface area contributed by atoms with Gasteiger partial charge in [-0.1, -0.05) is 85.5 Å². The van der Waals surface area contributed by atoms with Crippen LogP contribution in [0.15, 0.2) is 79.4 Å². The van der Waals surface area contributed by atoms with Crippen LogP contribution in [-0.4, -0.2) is 11.1 Å². The molecule has 0 aliphatic heterocycles. The number of carboxylic acids is 1. The van der Waals surface area contributed by atoms with Gasteiger partial charge < -0.3 is 5.11 Å². The van der Waals surface area contributed by atoms with Crippen molar-refractivity contribution >= 4 is 17.6 Å². The Kier molecular flexibility index (Phi) is 5.70. The maximum absolute atomic E-state index is 11.2. The third kappa shape index (κ3) is 4.30. The van der Waals surface area contributed by atoms with Crippen LogP contribution in [0.3, 0.4) is 0 Å². The van der Waals surface area contributed by atoms with Crippen molar-refractivity contribution in [3.05, 3.63) is 96.1 Å². The van der Waals surface area contributed by atoms with Gasteiger partial charge in [0.05, 0.1) is 5.92 Å². The smallest absolute Gasteiger partial charge is 0.310 e. The molecule has 0 amide bonds. The van der Waals surface area contributed by atoms with Gasteiger partial charge in [0, 0.05) is 0 Å². The summed E-state index contributed by atoms with van der Waals surface area (Å²) < 4.78 is 0. The Hall–Kier alpha value is -2.87. The number of carbonyl (C=O) groups is 1. The highest BCUT2D eigenvalue weighted by molar-refractivity contribution is 5.79. The normalized spacial score (nSPS) is 13.0. The van der Waals surface area contributed by atoms with E-state index in [2.05, 4.69) is 6.58 Å². The molecule has 2 aromatic rings. The zero-order chi connectivity index (χ0) is 16.7. The van der Waals surface area contributed by atoms with Crippen molar-refractivity contribution in [2.45, 2.75) is 12.8 Å². The van der Waals surface area contributed by atoms with Gasteiger partial charge in [0.15, 0.2) is 0 Å². The van der Waals surface area contributed by atoms with Gasteiger partial charge in [-0.05, 0) is 29.2 Å². The lowest BCUT2D eigenvalue weighted by atomic mass is 9.95. The number of carboxylic acid groups (broad SMARTS) is 1. The lowest BCUT2D eigenvalue weighted by molar-refractivity contribution is -0.138. The molecule has 0 spiro atoms. The first-order chi connectivity index (χ1) is 11.1. The van der Waals surface area contributed by atoms with Crippen LogP contribution in [0, 0.1) is 0 Å². The topological polar surface area (TPSA) is 37.3 Å². The lowest BCUT2D eigenvalue weighted by Gasteiger charge is -2.10. The molecule has 0 saturated carbocycles. The molecule has 23 heavy (non-hydrogen) atoms. The van der Waals surface area contributed by atoms with Gasteiger partial charge in [-0.2, -0.15) is 0 Å². The van der Waals surface area contributed by atoms with Crippen LogP contribution in [-0.2, 0) is 4.79 Å². The summed E-state index contributed by atoms with van der Waals surface area (Å²) in [4.78, 5) is 11.2. The van der Waals surface area contributed by atoms with Crippen molar-refractivity contribution in [3.8, 4) is 0 Å². The number of aliphatic carboxylic acids is 1. The molecule has 1 atom stereocenters. The molecule has 0 aliphatic carbocycles. The molecule has 2 rings (SSSR count). The first kappa shape index (κ1) is 16.5. The van der Waals surface area contributed by atoms with E-state index in [-0.39, 0.29) is 0 Å². The number of hydrogen-bond donors (Lipinski definition) is 1. The highest BCUT2D eigenvalue weighted by Gasteiger charge is 2.15. The molecular weight excluding hydrogens is 284 g/mol. The van der Waals surface area contributed by atoms with Crippen LogP contribution in [0.1, 0.15) is 29.5 Å². The number of rotatable bonds is 6. The largest absolute Gasteiger partial charge is 0.481 e. The Balaban J connectivity index is 2.28. The van der Waals surface area contributed by atoms with Gasteiger partial charge in [0.25, 0.3) is 0 Å². The predicted molar refractivity (Wildman–Crippen MR) is 96.1 cm³/mol. The predicted octanol–water partition coefficient (Wildman–Crippen LogP) is 5.16. The quantitative estimate of drug-likeness (QED) is 0.749. The molecular formula is C21H20O2. The Bertz CT molecular complexity index is 739. The first-order valence-electron chi connectivity index (χ1n) is 7.51. The summed E-state index contributed by atoms with van der Waals surface area (Å²) in [6, 6.07) is 17.6. The number of benzene rings is 2. The van der Waals surface area contributed by atoms with Crippen LogP contribution >= 0.6 is 0 Å². The molecule has 1 N–H and O–H groups in total. The maximum atomic E-state index is 11.2. The molecule has 2 nitrogen and oxygen atoms in total. The van der Waals surface area contributed by atoms with Crippen LogP contribution < -0.4 is 0 Å². The van der Waals surface area contributed by atoms with Crippen molar-refractivity contribution in [1.29, 1.82) is 0 Å². The second-order valence-electron chi connectivity index (χ2n) is 5.24. The average Bonchev–Trinajstić information content (AvgIpc) is 2.59. The van der Waals surface area contributed by atoms with Crippen LogP contribution in [0.25, 0.3) is 11.6 Å². The molecule has 2 heteroatoms. The molecule has 116 valence electrons. The minimum absolute atomic E-state index is 0.534. The maximum Gasteiger partial charge on any atom is 0.310 e. The molecule has 0 fully saturated rings. The van der Waals surface area contributed by atoms with Gasteiger partial charge in [-0.3, -0.25) is 4.79 Å². The van der Waals surface area contributed by atoms with Gasteiger partial charge in [-0.25, -0.2) is 0 Å². The fraction of sp³-hybridized carbons (Fsp3) is 0.0952. The minimum atomic E-state index is -0.822. The highest BCUT2D eigenvalue weighted by atomic mass is 16.4. The Morgan fingerprint density at radius 2 is 1.74 bits per heavy atom. The summed E-state index contributed by atoms with van der Waals surface area (Å²) in [6.07, 6.45) is 7.65. The van der Waals surface area contributed by atoms with Crippen LogP contribution in [0.5, 0.6) is 0 Å². The SMILES string of the molecule is C=C/C(=C\C=C\c1ccccc1C(C)C(=O)O)c1ccccc1. The molecule has 0 radical (unpaired) electrons. The van der Waals surface area contributed by atoms with Crippen molar-refractivity contribution in [1.82, 2.24) is 0 Å². The third-order valence-electron chi connectivity index (χ3n) is 3.71. The number of hydrogen-bond acceptors (Lipinski definition) is 1. The zero-order valence-corrected chi connectivity index (χ0v) is 13.1. The lowest BCUT2D eigenvalue weighted by Crippen LogP contribution is -2.08. The molecule has 0 saturated heterocycles. The van der Waals surface area contributed by atoms with E-state index in [0.717, 1.165) is 22.3 Å². The summed E-state index contributed by atoms with van der Waals surface area (Å²) in [5, 5.41) is 9.21. The van der Waals surface area contributed by atoms with Gasteiger partial charge in [0.2, 0.25) is 0 Å². The van der Waals surface area contributed by atoms with E-state index in [1.807, 2.05) is 78.9 Å². The van der Waals surface area contributed by atoms with E-state index in [1.54, 1.807) is 6.92 Å². The van der Waals surface area contributed by atoms with Crippen LogP contribution in [0.2, 0.25) is 0 Å². The molecule has 0 bridgehead atoms. The minimum Gasteiger partial charge on any atom is -0.481 e. The van der Waals surface area contributed by atoms with Crippen LogP contribution in [0.4, 0.5) is 0 Å². The van der Waals surface area contributed by atoms with E-state index < -0.39 is 11.9 Å². The second kappa shape index (κ2) is 7.95. The monoisotopic (exact) mass is 304 g/mol. The van der Waals surface area contributed by atoms with E-state index in [9.17, 15) is 9.90 Å². The molecule has 0 heterocycles. The van der Waals surface area contributed by atoms with Crippen molar-refractivity contribution in [3.63, 3.8) is 0 Å². The Morgan fingerprint density at radius 1 is 1.09 bits per heavy atom. The third-order valence-corrected chi connectivity index (χ3v) is 3.71. The van der Waals surface area contributed by atoms with E-state index >= 15 is 0 Å². The van der Waals surface area contributed by atoms with E-state index in [0.29, 0.717) is 0 Å². The number of allylic oxidation sites excluding steroid dienone is 4. The van der Waals surface area contributed by atoms with E-state index in [4.69, 9.17) is 0 Å². The first-order valence-corrected chi connectivity index (χ1v) is 7.51.